The quantitative estimate of drug-likeness (QED) is 0.827. The predicted octanol–water partition coefficient (Wildman–Crippen LogP) is 4.26. The van der Waals surface area contributed by atoms with E-state index in [0.29, 0.717) is 17.2 Å². The van der Waals surface area contributed by atoms with Gasteiger partial charge in [-0.1, -0.05) is 23.7 Å². The van der Waals surface area contributed by atoms with E-state index in [9.17, 15) is 5.26 Å². The summed E-state index contributed by atoms with van der Waals surface area (Å²) >= 11 is 6.06. The number of benzene rings is 2. The molecule has 1 atom stereocenters. The number of hydrogen-bond donors (Lipinski definition) is 0. The van der Waals surface area contributed by atoms with E-state index in [1.165, 1.54) is 0 Å². The van der Waals surface area contributed by atoms with Crippen LogP contribution in [0.4, 0.5) is 5.69 Å². The minimum absolute atomic E-state index is 0.293. The molecule has 2 rings (SSSR count). The fourth-order valence-electron chi connectivity index (χ4n) is 2.37. The van der Waals surface area contributed by atoms with Crippen molar-refractivity contribution in [1.29, 1.82) is 5.26 Å². The van der Waals surface area contributed by atoms with Crippen LogP contribution >= 0.6 is 11.6 Å². The zero-order valence-corrected chi connectivity index (χ0v) is 13.8. The second kappa shape index (κ2) is 7.20. The summed E-state index contributed by atoms with van der Waals surface area (Å²) in [7, 11) is 5.61. The Morgan fingerprint density at radius 2 is 1.86 bits per heavy atom. The monoisotopic (exact) mass is 314 g/mol. The highest BCUT2D eigenvalue weighted by atomic mass is 35.5. The molecular weight excluding hydrogens is 296 g/mol. The van der Waals surface area contributed by atoms with Gasteiger partial charge in [-0.3, -0.25) is 0 Å². The molecule has 0 saturated heterocycles. The van der Waals surface area contributed by atoms with Gasteiger partial charge in [-0.25, -0.2) is 0 Å². The van der Waals surface area contributed by atoms with E-state index in [4.69, 9.17) is 16.3 Å². The van der Waals surface area contributed by atoms with Crippen LogP contribution in [0, 0.1) is 11.3 Å². The number of rotatable bonds is 5. The van der Waals surface area contributed by atoms with Gasteiger partial charge >= 0.3 is 0 Å². The number of ether oxygens (including phenoxy) is 1. The van der Waals surface area contributed by atoms with Crippen molar-refractivity contribution < 1.29 is 4.74 Å². The first-order valence-corrected chi connectivity index (χ1v) is 7.42. The lowest BCUT2D eigenvalue weighted by atomic mass is 9.92. The fourth-order valence-corrected chi connectivity index (χ4v) is 2.55. The number of nitriles is 1. The second-order valence-corrected chi connectivity index (χ2v) is 5.77. The standard InChI is InChI=1S/C18H19ClN2O/c1-21(2)16-7-4-13(5-8-16)10-14(12-20)17-11-15(19)6-9-18(17)22-3/h4-9,11,14H,10H2,1-3H3. The van der Waals surface area contributed by atoms with Crippen LogP contribution in [0.15, 0.2) is 42.5 Å². The normalized spacial score (nSPS) is 11.6. The first-order valence-electron chi connectivity index (χ1n) is 7.04. The lowest BCUT2D eigenvalue weighted by molar-refractivity contribution is 0.408. The summed E-state index contributed by atoms with van der Waals surface area (Å²) in [5, 5.41) is 10.1. The van der Waals surface area contributed by atoms with Crippen molar-refractivity contribution in [2.45, 2.75) is 12.3 Å². The van der Waals surface area contributed by atoms with Crippen LogP contribution in [0.1, 0.15) is 17.0 Å². The van der Waals surface area contributed by atoms with Gasteiger partial charge in [-0.05, 0) is 42.3 Å². The van der Waals surface area contributed by atoms with Crippen LogP contribution in [0.3, 0.4) is 0 Å². The SMILES string of the molecule is COc1ccc(Cl)cc1C(C#N)Cc1ccc(N(C)C)cc1. The molecule has 1 unspecified atom stereocenters. The zero-order valence-electron chi connectivity index (χ0n) is 13.0. The molecule has 0 aliphatic heterocycles. The molecule has 0 amide bonds. The van der Waals surface area contributed by atoms with Gasteiger partial charge in [0.1, 0.15) is 5.75 Å². The van der Waals surface area contributed by atoms with Crippen molar-refractivity contribution in [3.05, 3.63) is 58.6 Å². The average molecular weight is 315 g/mol. The summed E-state index contributed by atoms with van der Waals surface area (Å²) in [4.78, 5) is 2.05. The summed E-state index contributed by atoms with van der Waals surface area (Å²) in [6, 6.07) is 15.9. The Balaban J connectivity index is 2.26. The summed E-state index contributed by atoms with van der Waals surface area (Å²) in [5.74, 6) is 0.403. The van der Waals surface area contributed by atoms with Gasteiger partial charge in [0, 0.05) is 30.4 Å². The van der Waals surface area contributed by atoms with Crippen molar-refractivity contribution in [2.75, 3.05) is 26.1 Å². The highest BCUT2D eigenvalue weighted by molar-refractivity contribution is 6.30. The molecular formula is C18H19ClN2O. The Morgan fingerprint density at radius 1 is 1.18 bits per heavy atom. The molecule has 4 heteroatoms. The lowest BCUT2D eigenvalue weighted by Crippen LogP contribution is -2.08. The fraction of sp³-hybridized carbons (Fsp3) is 0.278. The molecule has 0 aromatic heterocycles. The predicted molar refractivity (Wildman–Crippen MR) is 90.8 cm³/mol. The smallest absolute Gasteiger partial charge is 0.123 e. The molecule has 0 saturated carbocycles. The van der Waals surface area contributed by atoms with Gasteiger partial charge in [0.15, 0.2) is 0 Å². The van der Waals surface area contributed by atoms with E-state index in [2.05, 4.69) is 30.3 Å². The number of nitrogens with zero attached hydrogens (tertiary/aromatic N) is 2. The van der Waals surface area contributed by atoms with Gasteiger partial charge in [-0.2, -0.15) is 5.26 Å². The van der Waals surface area contributed by atoms with E-state index in [0.717, 1.165) is 16.8 Å². The van der Waals surface area contributed by atoms with Crippen LogP contribution in [0.2, 0.25) is 5.02 Å². The Labute approximate surface area is 136 Å². The number of methoxy groups -OCH3 is 1. The minimum atomic E-state index is -0.293. The van der Waals surface area contributed by atoms with Gasteiger partial charge in [0.2, 0.25) is 0 Å². The van der Waals surface area contributed by atoms with E-state index >= 15 is 0 Å². The van der Waals surface area contributed by atoms with Gasteiger partial charge in [0.25, 0.3) is 0 Å². The Bertz CT molecular complexity index is 674. The molecule has 3 nitrogen and oxygen atoms in total. The Morgan fingerprint density at radius 3 is 2.41 bits per heavy atom. The van der Waals surface area contributed by atoms with Crippen LogP contribution in [0.5, 0.6) is 5.75 Å². The van der Waals surface area contributed by atoms with E-state index < -0.39 is 0 Å². The summed E-state index contributed by atoms with van der Waals surface area (Å²) in [6.45, 7) is 0. The topological polar surface area (TPSA) is 36.3 Å². The largest absolute Gasteiger partial charge is 0.496 e. The molecule has 0 aliphatic carbocycles. The van der Waals surface area contributed by atoms with Gasteiger partial charge in [-0.15, -0.1) is 0 Å². The molecule has 0 spiro atoms. The van der Waals surface area contributed by atoms with Crippen LogP contribution in [-0.4, -0.2) is 21.2 Å². The van der Waals surface area contributed by atoms with E-state index in [1.807, 2.05) is 25.1 Å². The zero-order chi connectivity index (χ0) is 16.1. The number of hydrogen-bond acceptors (Lipinski definition) is 3. The third kappa shape index (κ3) is 3.72. The molecule has 0 aliphatic rings. The number of anilines is 1. The Kier molecular flexibility index (Phi) is 5.30. The maximum atomic E-state index is 9.54. The molecule has 0 fully saturated rings. The molecule has 0 heterocycles. The number of halogens is 1. The highest BCUT2D eigenvalue weighted by Crippen LogP contribution is 2.31. The molecule has 22 heavy (non-hydrogen) atoms. The van der Waals surface area contributed by atoms with Crippen molar-refractivity contribution in [3.8, 4) is 11.8 Å². The van der Waals surface area contributed by atoms with Crippen molar-refractivity contribution >= 4 is 17.3 Å². The highest BCUT2D eigenvalue weighted by Gasteiger charge is 2.17. The maximum absolute atomic E-state index is 9.54. The molecule has 0 bridgehead atoms. The van der Waals surface area contributed by atoms with E-state index in [-0.39, 0.29) is 5.92 Å². The average Bonchev–Trinajstić information content (AvgIpc) is 2.53. The second-order valence-electron chi connectivity index (χ2n) is 5.33. The molecule has 114 valence electrons. The van der Waals surface area contributed by atoms with Crippen LogP contribution in [-0.2, 0) is 6.42 Å². The molecule has 2 aromatic rings. The Hall–Kier alpha value is -2.18. The van der Waals surface area contributed by atoms with Crippen LogP contribution < -0.4 is 9.64 Å². The molecule has 0 N–H and O–H groups in total. The maximum Gasteiger partial charge on any atom is 0.123 e. The van der Waals surface area contributed by atoms with Crippen molar-refractivity contribution in [3.63, 3.8) is 0 Å². The third-order valence-corrected chi connectivity index (χ3v) is 3.85. The third-order valence-electron chi connectivity index (χ3n) is 3.62. The first-order chi connectivity index (χ1) is 10.5. The summed E-state index contributed by atoms with van der Waals surface area (Å²) in [5.41, 5.74) is 3.07. The minimum Gasteiger partial charge on any atom is -0.496 e. The summed E-state index contributed by atoms with van der Waals surface area (Å²) < 4.78 is 5.35. The lowest BCUT2D eigenvalue weighted by Gasteiger charge is -2.16. The molecule has 2 aromatic carbocycles. The first kappa shape index (κ1) is 16.2. The van der Waals surface area contributed by atoms with Crippen molar-refractivity contribution in [1.82, 2.24) is 0 Å². The summed E-state index contributed by atoms with van der Waals surface area (Å²) in [6.07, 6.45) is 0.626. The van der Waals surface area contributed by atoms with E-state index in [1.54, 1.807) is 19.2 Å². The van der Waals surface area contributed by atoms with Crippen LogP contribution in [0.25, 0.3) is 0 Å². The van der Waals surface area contributed by atoms with Gasteiger partial charge < -0.3 is 9.64 Å². The van der Waals surface area contributed by atoms with Crippen molar-refractivity contribution in [2.24, 2.45) is 0 Å². The van der Waals surface area contributed by atoms with Gasteiger partial charge in [0.05, 0.1) is 19.1 Å². The molecule has 0 radical (unpaired) electrons.